The van der Waals surface area contributed by atoms with Gasteiger partial charge in [-0.15, -0.1) is 11.3 Å². The Morgan fingerprint density at radius 1 is 1.06 bits per heavy atom. The first-order valence-electron chi connectivity index (χ1n) is 10.1. The van der Waals surface area contributed by atoms with E-state index >= 15 is 0 Å². The van der Waals surface area contributed by atoms with Gasteiger partial charge in [0.15, 0.2) is 5.13 Å². The van der Waals surface area contributed by atoms with Crippen molar-refractivity contribution in [2.24, 2.45) is 0 Å². The maximum atomic E-state index is 12.5. The van der Waals surface area contributed by atoms with Crippen LogP contribution in [0.4, 0.5) is 16.5 Å². The van der Waals surface area contributed by atoms with Gasteiger partial charge in [-0.25, -0.2) is 4.98 Å². The molecule has 0 spiro atoms. The second kappa shape index (κ2) is 9.67. The van der Waals surface area contributed by atoms with Crippen LogP contribution in [0.25, 0.3) is 0 Å². The zero-order chi connectivity index (χ0) is 22.5. The van der Waals surface area contributed by atoms with Gasteiger partial charge in [-0.2, -0.15) is 0 Å². The van der Waals surface area contributed by atoms with Crippen LogP contribution in [-0.4, -0.2) is 45.7 Å². The minimum Gasteiger partial charge on any atom is -0.326 e. The third-order valence-electron chi connectivity index (χ3n) is 4.76. The van der Waals surface area contributed by atoms with E-state index < -0.39 is 0 Å². The topological polar surface area (TPSA) is 116 Å². The third kappa shape index (κ3) is 5.54. The maximum Gasteiger partial charge on any atom is 0.276 e. The number of hydrogen-bond acceptors (Lipinski definition) is 7. The van der Waals surface area contributed by atoms with Crippen LogP contribution in [0.15, 0.2) is 48.7 Å². The highest BCUT2D eigenvalue weighted by Crippen LogP contribution is 2.28. The second-order valence-electron chi connectivity index (χ2n) is 7.33. The van der Waals surface area contributed by atoms with Crippen molar-refractivity contribution in [3.8, 4) is 0 Å². The first-order chi connectivity index (χ1) is 15.5. The molecule has 1 aliphatic heterocycles. The van der Waals surface area contributed by atoms with Gasteiger partial charge in [0.05, 0.1) is 12.2 Å². The number of fused-ring (bicyclic) bond motifs is 1. The molecule has 1 aliphatic rings. The van der Waals surface area contributed by atoms with Gasteiger partial charge in [0.25, 0.3) is 5.91 Å². The number of thiazole rings is 1. The molecule has 0 bridgehead atoms. The number of anilines is 3. The van der Waals surface area contributed by atoms with E-state index in [0.717, 1.165) is 10.6 Å². The Morgan fingerprint density at radius 2 is 1.88 bits per heavy atom. The predicted octanol–water partition coefficient (Wildman–Crippen LogP) is 2.75. The number of rotatable bonds is 6. The Balaban J connectivity index is 1.33. The van der Waals surface area contributed by atoms with Gasteiger partial charge in [0, 0.05) is 48.9 Å². The quantitative estimate of drug-likeness (QED) is 0.532. The van der Waals surface area contributed by atoms with Crippen LogP contribution in [0, 0.1) is 0 Å². The van der Waals surface area contributed by atoms with Gasteiger partial charge in [-0.05, 0) is 30.3 Å². The van der Waals surface area contributed by atoms with Gasteiger partial charge < -0.3 is 10.6 Å². The second-order valence-corrected chi connectivity index (χ2v) is 8.41. The molecule has 0 unspecified atom stereocenters. The minimum absolute atomic E-state index is 0.137. The summed E-state index contributed by atoms with van der Waals surface area (Å²) in [5.41, 5.74) is 2.53. The van der Waals surface area contributed by atoms with Gasteiger partial charge in [-0.1, -0.05) is 12.1 Å². The average molecular weight is 451 g/mol. The highest BCUT2D eigenvalue weighted by Gasteiger charge is 2.23. The van der Waals surface area contributed by atoms with Crippen LogP contribution in [0.5, 0.6) is 0 Å². The van der Waals surface area contributed by atoms with E-state index in [1.165, 1.54) is 18.3 Å². The Morgan fingerprint density at radius 3 is 2.62 bits per heavy atom. The monoisotopic (exact) mass is 450 g/mol. The van der Waals surface area contributed by atoms with Crippen molar-refractivity contribution in [2.75, 3.05) is 29.0 Å². The van der Waals surface area contributed by atoms with Gasteiger partial charge in [-0.3, -0.25) is 29.6 Å². The molecule has 1 aromatic carbocycles. The van der Waals surface area contributed by atoms with E-state index in [4.69, 9.17) is 0 Å². The van der Waals surface area contributed by atoms with Crippen molar-refractivity contribution in [3.05, 3.63) is 64.9 Å². The molecule has 4 rings (SSSR count). The third-order valence-corrected chi connectivity index (χ3v) is 5.76. The lowest BCUT2D eigenvalue weighted by Gasteiger charge is -2.25. The summed E-state index contributed by atoms with van der Waals surface area (Å²) < 4.78 is 0. The van der Waals surface area contributed by atoms with Gasteiger partial charge in [0.1, 0.15) is 5.69 Å². The first-order valence-corrected chi connectivity index (χ1v) is 10.9. The van der Waals surface area contributed by atoms with E-state index in [-0.39, 0.29) is 24.3 Å². The number of benzene rings is 1. The molecule has 3 amide bonds. The van der Waals surface area contributed by atoms with E-state index in [2.05, 4.69) is 25.9 Å². The number of pyridine rings is 1. The summed E-state index contributed by atoms with van der Waals surface area (Å²) in [4.78, 5) is 47.7. The Kier molecular flexibility index (Phi) is 6.52. The van der Waals surface area contributed by atoms with Crippen molar-refractivity contribution < 1.29 is 14.4 Å². The molecular formula is C22H22N6O3S. The molecule has 3 aromatic rings. The molecule has 3 heterocycles. The predicted molar refractivity (Wildman–Crippen MR) is 123 cm³/mol. The van der Waals surface area contributed by atoms with Gasteiger partial charge >= 0.3 is 0 Å². The normalized spacial score (nSPS) is 13.2. The standard InChI is InChI=1S/C22H22N6O3S/c1-14(29)24-15-5-4-6-16(11-15)25-20(30)13-28-10-8-17-19(12-28)32-22(26-17)27-21(31)18-7-2-3-9-23-18/h2-7,9,11H,8,10,12-13H2,1H3,(H,24,29)(H,25,30)(H,26,27,31). The van der Waals surface area contributed by atoms with Crippen LogP contribution < -0.4 is 16.0 Å². The summed E-state index contributed by atoms with van der Waals surface area (Å²) in [6, 6.07) is 12.2. The molecule has 0 atom stereocenters. The van der Waals surface area contributed by atoms with Crippen molar-refractivity contribution in [3.63, 3.8) is 0 Å². The molecule has 0 saturated heterocycles. The van der Waals surface area contributed by atoms with Crippen molar-refractivity contribution in [1.29, 1.82) is 0 Å². The number of nitrogens with zero attached hydrogens (tertiary/aromatic N) is 3. The lowest BCUT2D eigenvalue weighted by molar-refractivity contribution is -0.117. The lowest BCUT2D eigenvalue weighted by Crippen LogP contribution is -2.36. The maximum absolute atomic E-state index is 12.5. The fourth-order valence-corrected chi connectivity index (χ4v) is 4.42. The SMILES string of the molecule is CC(=O)Nc1cccc(NC(=O)CN2CCc3nc(NC(=O)c4ccccn4)sc3C2)c1. The Hall–Kier alpha value is -3.63. The Labute approximate surface area is 188 Å². The van der Waals surface area contributed by atoms with E-state index in [9.17, 15) is 14.4 Å². The molecule has 3 N–H and O–H groups in total. The van der Waals surface area contributed by atoms with Crippen LogP contribution in [-0.2, 0) is 22.6 Å². The minimum atomic E-state index is -0.297. The smallest absolute Gasteiger partial charge is 0.276 e. The van der Waals surface area contributed by atoms with Crippen molar-refractivity contribution in [2.45, 2.75) is 19.9 Å². The zero-order valence-corrected chi connectivity index (χ0v) is 18.2. The molecular weight excluding hydrogens is 428 g/mol. The summed E-state index contributed by atoms with van der Waals surface area (Å²) in [6.45, 7) is 2.96. The highest BCUT2D eigenvalue weighted by atomic mass is 32.1. The molecule has 32 heavy (non-hydrogen) atoms. The van der Waals surface area contributed by atoms with Crippen molar-refractivity contribution in [1.82, 2.24) is 14.9 Å². The van der Waals surface area contributed by atoms with Crippen LogP contribution in [0.1, 0.15) is 28.0 Å². The Bertz CT molecular complexity index is 1150. The van der Waals surface area contributed by atoms with Crippen molar-refractivity contribution >= 4 is 45.6 Å². The largest absolute Gasteiger partial charge is 0.326 e. The fraction of sp³-hybridized carbons (Fsp3) is 0.227. The summed E-state index contributed by atoms with van der Waals surface area (Å²) in [5.74, 6) is -0.603. The molecule has 0 aliphatic carbocycles. The summed E-state index contributed by atoms with van der Waals surface area (Å²) in [5, 5.41) is 8.90. The van der Waals surface area contributed by atoms with Crippen LogP contribution >= 0.6 is 11.3 Å². The number of aromatic nitrogens is 2. The number of amides is 3. The molecule has 2 aromatic heterocycles. The summed E-state index contributed by atoms with van der Waals surface area (Å²) in [6.07, 6.45) is 2.28. The molecule has 0 saturated carbocycles. The van der Waals surface area contributed by atoms with Crippen LogP contribution in [0.2, 0.25) is 0 Å². The number of nitrogens with one attached hydrogen (secondary N) is 3. The van der Waals surface area contributed by atoms with E-state index in [0.29, 0.717) is 41.7 Å². The van der Waals surface area contributed by atoms with Crippen LogP contribution in [0.3, 0.4) is 0 Å². The fourth-order valence-electron chi connectivity index (χ4n) is 3.38. The zero-order valence-electron chi connectivity index (χ0n) is 17.4. The van der Waals surface area contributed by atoms with E-state index in [1.807, 2.05) is 4.90 Å². The molecule has 0 radical (unpaired) electrons. The summed E-state index contributed by atoms with van der Waals surface area (Å²) in [7, 11) is 0. The molecule has 0 fully saturated rings. The van der Waals surface area contributed by atoms with E-state index in [1.54, 1.807) is 48.7 Å². The van der Waals surface area contributed by atoms with Gasteiger partial charge in [0.2, 0.25) is 11.8 Å². The first kappa shape index (κ1) is 21.6. The molecule has 10 heteroatoms. The lowest BCUT2D eigenvalue weighted by atomic mass is 10.2. The molecule has 164 valence electrons. The molecule has 9 nitrogen and oxygen atoms in total. The number of carbonyl (C=O) groups is 3. The average Bonchev–Trinajstić information content (AvgIpc) is 3.15. The summed E-state index contributed by atoms with van der Waals surface area (Å²) >= 11 is 1.42. The number of hydrogen-bond donors (Lipinski definition) is 3. The highest BCUT2D eigenvalue weighted by molar-refractivity contribution is 7.15. The number of carbonyl (C=O) groups excluding carboxylic acids is 3.